The fraction of sp³-hybridized carbons (Fsp3) is 0.280. The molecular weight excluding hydrogens is 410 g/mol. The van der Waals surface area contributed by atoms with Crippen molar-refractivity contribution < 1.29 is 13.6 Å². The standard InChI is InChI=1S/C25H22F2N4O/c1-17(23-20(26)7-4-8-21(23)27)25(15-28)10-13-31(14-11-25)24(32)19-6-3-2-5-18(19)22-9-12-29-16-30-22/h2-9,12,16-17H,10-11,13-14H2,1H3/t17-/m1/s1. The van der Waals surface area contributed by atoms with Crippen molar-refractivity contribution in [2.45, 2.75) is 25.7 Å². The summed E-state index contributed by atoms with van der Waals surface area (Å²) in [7, 11) is 0. The molecule has 2 heterocycles. The van der Waals surface area contributed by atoms with Gasteiger partial charge in [0.1, 0.15) is 18.0 Å². The maximum absolute atomic E-state index is 14.4. The molecule has 1 amide bonds. The number of carbonyl (C=O) groups is 1. The predicted molar refractivity (Wildman–Crippen MR) is 115 cm³/mol. The van der Waals surface area contributed by atoms with Crippen LogP contribution in [-0.2, 0) is 0 Å². The molecule has 2 aromatic carbocycles. The van der Waals surface area contributed by atoms with Crippen LogP contribution >= 0.6 is 0 Å². The highest BCUT2D eigenvalue weighted by atomic mass is 19.1. The van der Waals surface area contributed by atoms with Gasteiger partial charge >= 0.3 is 0 Å². The van der Waals surface area contributed by atoms with Crippen LogP contribution in [0.1, 0.15) is 41.6 Å². The van der Waals surface area contributed by atoms with Crippen LogP contribution in [0, 0.1) is 28.4 Å². The van der Waals surface area contributed by atoms with Crippen molar-refractivity contribution in [3.63, 3.8) is 0 Å². The Morgan fingerprint density at radius 1 is 1.09 bits per heavy atom. The maximum Gasteiger partial charge on any atom is 0.254 e. The second-order valence-corrected chi connectivity index (χ2v) is 8.06. The average Bonchev–Trinajstić information content (AvgIpc) is 2.84. The monoisotopic (exact) mass is 432 g/mol. The molecule has 0 aliphatic carbocycles. The van der Waals surface area contributed by atoms with Gasteiger partial charge in [-0.15, -0.1) is 0 Å². The van der Waals surface area contributed by atoms with Gasteiger partial charge in [0, 0.05) is 41.9 Å². The fourth-order valence-corrected chi connectivity index (χ4v) is 4.46. The number of nitriles is 1. The van der Waals surface area contributed by atoms with Crippen molar-refractivity contribution in [1.29, 1.82) is 5.26 Å². The summed E-state index contributed by atoms with van der Waals surface area (Å²) >= 11 is 0. The van der Waals surface area contributed by atoms with E-state index in [-0.39, 0.29) is 11.5 Å². The average molecular weight is 432 g/mol. The normalized spacial score (nSPS) is 16.2. The van der Waals surface area contributed by atoms with Gasteiger partial charge in [0.05, 0.1) is 17.2 Å². The zero-order valence-electron chi connectivity index (χ0n) is 17.6. The summed E-state index contributed by atoms with van der Waals surface area (Å²) in [6.45, 7) is 2.34. The Morgan fingerprint density at radius 3 is 2.41 bits per heavy atom. The van der Waals surface area contributed by atoms with Crippen molar-refractivity contribution in [3.05, 3.63) is 83.8 Å². The molecule has 0 unspecified atom stereocenters. The van der Waals surface area contributed by atoms with Crippen molar-refractivity contribution in [2.75, 3.05) is 13.1 Å². The zero-order chi connectivity index (χ0) is 22.7. The van der Waals surface area contributed by atoms with Crippen LogP contribution < -0.4 is 0 Å². The molecule has 1 fully saturated rings. The van der Waals surface area contributed by atoms with Gasteiger partial charge in [-0.05, 0) is 37.1 Å². The number of benzene rings is 2. The number of aromatic nitrogens is 2. The Morgan fingerprint density at radius 2 is 1.78 bits per heavy atom. The lowest BCUT2D eigenvalue weighted by molar-refractivity contribution is 0.0620. The highest BCUT2D eigenvalue weighted by Crippen LogP contribution is 2.45. The van der Waals surface area contributed by atoms with Crippen LogP contribution in [0.25, 0.3) is 11.3 Å². The number of hydrogen-bond donors (Lipinski definition) is 0. The Bertz CT molecular complexity index is 1150. The molecule has 0 spiro atoms. The lowest BCUT2D eigenvalue weighted by atomic mass is 9.67. The molecule has 32 heavy (non-hydrogen) atoms. The first-order valence-electron chi connectivity index (χ1n) is 10.5. The second-order valence-electron chi connectivity index (χ2n) is 8.06. The third-order valence-electron chi connectivity index (χ3n) is 6.44. The molecule has 0 N–H and O–H groups in total. The van der Waals surface area contributed by atoms with Crippen LogP contribution in [0.15, 0.2) is 61.1 Å². The molecular formula is C25H22F2N4O. The van der Waals surface area contributed by atoms with E-state index in [0.29, 0.717) is 42.8 Å². The molecule has 0 radical (unpaired) electrons. The molecule has 1 saturated heterocycles. The van der Waals surface area contributed by atoms with Gasteiger partial charge in [0.25, 0.3) is 5.91 Å². The molecule has 0 bridgehead atoms. The SMILES string of the molecule is C[C@H](c1c(F)cccc1F)C1(C#N)CCN(C(=O)c2ccccc2-c2ccncn2)CC1. The topological polar surface area (TPSA) is 69.9 Å². The van der Waals surface area contributed by atoms with E-state index < -0.39 is 23.0 Å². The van der Waals surface area contributed by atoms with E-state index in [9.17, 15) is 18.8 Å². The first-order valence-corrected chi connectivity index (χ1v) is 10.5. The van der Waals surface area contributed by atoms with Gasteiger partial charge in [-0.3, -0.25) is 4.79 Å². The van der Waals surface area contributed by atoms with E-state index in [1.54, 1.807) is 36.2 Å². The lowest BCUT2D eigenvalue weighted by Crippen LogP contribution is -2.45. The van der Waals surface area contributed by atoms with E-state index in [1.165, 1.54) is 24.5 Å². The summed E-state index contributed by atoms with van der Waals surface area (Å²) in [5, 5.41) is 9.98. The number of piperidine rings is 1. The third-order valence-corrected chi connectivity index (χ3v) is 6.44. The molecule has 5 nitrogen and oxygen atoms in total. The number of hydrogen-bond acceptors (Lipinski definition) is 4. The van der Waals surface area contributed by atoms with Crippen molar-refractivity contribution in [2.24, 2.45) is 5.41 Å². The maximum atomic E-state index is 14.4. The first kappa shape index (κ1) is 21.6. The number of carbonyl (C=O) groups excluding carboxylic acids is 1. The highest BCUT2D eigenvalue weighted by molar-refractivity contribution is 6.00. The number of rotatable bonds is 4. The van der Waals surface area contributed by atoms with Gasteiger partial charge in [0.2, 0.25) is 0 Å². The number of amides is 1. The van der Waals surface area contributed by atoms with Crippen LogP contribution in [0.5, 0.6) is 0 Å². The van der Waals surface area contributed by atoms with E-state index in [2.05, 4.69) is 16.0 Å². The highest BCUT2D eigenvalue weighted by Gasteiger charge is 2.43. The first-order chi connectivity index (χ1) is 15.5. The number of nitrogens with zero attached hydrogens (tertiary/aromatic N) is 4. The molecule has 162 valence electrons. The minimum Gasteiger partial charge on any atom is -0.339 e. The Hall–Kier alpha value is -3.66. The second kappa shape index (κ2) is 8.83. The molecule has 1 aliphatic rings. The Labute approximate surface area is 185 Å². The molecule has 1 atom stereocenters. The molecule has 1 aromatic heterocycles. The van der Waals surface area contributed by atoms with Gasteiger partial charge in [-0.25, -0.2) is 18.7 Å². The van der Waals surface area contributed by atoms with Gasteiger partial charge in [-0.2, -0.15) is 5.26 Å². The molecule has 7 heteroatoms. The van der Waals surface area contributed by atoms with Crippen molar-refractivity contribution in [3.8, 4) is 17.3 Å². The molecule has 1 aliphatic heterocycles. The minimum atomic E-state index is -0.952. The molecule has 3 aromatic rings. The largest absolute Gasteiger partial charge is 0.339 e. The van der Waals surface area contributed by atoms with Crippen molar-refractivity contribution in [1.82, 2.24) is 14.9 Å². The summed E-state index contributed by atoms with van der Waals surface area (Å²) in [6.07, 6.45) is 3.72. The van der Waals surface area contributed by atoms with Crippen molar-refractivity contribution >= 4 is 5.91 Å². The fourth-order valence-electron chi connectivity index (χ4n) is 4.46. The summed E-state index contributed by atoms with van der Waals surface area (Å²) in [5.74, 6) is -2.09. The quantitative estimate of drug-likeness (QED) is 0.584. The molecule has 0 saturated carbocycles. The Balaban J connectivity index is 1.56. The van der Waals surface area contributed by atoms with E-state index in [4.69, 9.17) is 0 Å². The third kappa shape index (κ3) is 3.84. The van der Waals surface area contributed by atoms with E-state index in [1.807, 2.05) is 12.1 Å². The summed E-state index contributed by atoms with van der Waals surface area (Å²) < 4.78 is 28.7. The van der Waals surface area contributed by atoms with Gasteiger partial charge in [0.15, 0.2) is 0 Å². The van der Waals surface area contributed by atoms with Crippen LogP contribution in [0.4, 0.5) is 8.78 Å². The van der Waals surface area contributed by atoms with Crippen LogP contribution in [0.2, 0.25) is 0 Å². The summed E-state index contributed by atoms with van der Waals surface area (Å²) in [5.41, 5.74) is 0.855. The zero-order valence-corrected chi connectivity index (χ0v) is 17.6. The van der Waals surface area contributed by atoms with Gasteiger partial charge in [-0.1, -0.05) is 31.2 Å². The molecule has 4 rings (SSSR count). The van der Waals surface area contributed by atoms with Crippen LogP contribution in [0.3, 0.4) is 0 Å². The summed E-state index contributed by atoms with van der Waals surface area (Å²) in [4.78, 5) is 23.2. The van der Waals surface area contributed by atoms with Gasteiger partial charge < -0.3 is 4.90 Å². The number of likely N-dealkylation sites (tertiary alicyclic amines) is 1. The summed E-state index contributed by atoms with van der Waals surface area (Å²) in [6, 6.07) is 15.0. The Kier molecular flexibility index (Phi) is 5.95. The predicted octanol–water partition coefficient (Wildman–Crippen LogP) is 4.97. The van der Waals surface area contributed by atoms with Crippen LogP contribution in [-0.4, -0.2) is 33.9 Å². The van der Waals surface area contributed by atoms with E-state index in [0.717, 1.165) is 0 Å². The smallest absolute Gasteiger partial charge is 0.254 e. The lowest BCUT2D eigenvalue weighted by Gasteiger charge is -2.41. The minimum absolute atomic E-state index is 0.0667. The number of halogens is 2. The van der Waals surface area contributed by atoms with E-state index >= 15 is 0 Å².